The summed E-state index contributed by atoms with van der Waals surface area (Å²) < 4.78 is 28.4. The smallest absolute Gasteiger partial charge is 0.207 e. The molecule has 2 aromatic carbocycles. The quantitative estimate of drug-likeness (QED) is 0.929. The van der Waals surface area contributed by atoms with E-state index in [0.717, 1.165) is 28.9 Å². The van der Waals surface area contributed by atoms with Gasteiger partial charge in [0.1, 0.15) is 0 Å². The van der Waals surface area contributed by atoms with Crippen LogP contribution in [0.4, 0.5) is 0 Å². The van der Waals surface area contributed by atoms with Gasteiger partial charge < -0.3 is 0 Å². The van der Waals surface area contributed by atoms with Crippen molar-refractivity contribution >= 4 is 21.8 Å². The zero-order valence-electron chi connectivity index (χ0n) is 12.7. The Hall–Kier alpha value is -1.30. The SMILES string of the molecule is Cc1ccc(C)c(S(=O)(=O)N[C@@H]2CCSc3ccccc32)c1. The van der Waals surface area contributed by atoms with Gasteiger partial charge in [0.05, 0.1) is 4.90 Å². The van der Waals surface area contributed by atoms with Crippen LogP contribution in [0.25, 0.3) is 0 Å². The third kappa shape index (κ3) is 3.07. The summed E-state index contributed by atoms with van der Waals surface area (Å²) in [5, 5.41) is 0. The Kier molecular flexibility index (Phi) is 4.30. The summed E-state index contributed by atoms with van der Waals surface area (Å²) in [7, 11) is -3.52. The summed E-state index contributed by atoms with van der Waals surface area (Å²) in [4.78, 5) is 1.55. The minimum Gasteiger partial charge on any atom is -0.207 e. The van der Waals surface area contributed by atoms with Crippen molar-refractivity contribution in [2.24, 2.45) is 0 Å². The van der Waals surface area contributed by atoms with Crippen LogP contribution in [0.15, 0.2) is 52.3 Å². The van der Waals surface area contributed by atoms with Gasteiger partial charge in [-0.15, -0.1) is 11.8 Å². The lowest BCUT2D eigenvalue weighted by molar-refractivity contribution is 0.545. The minimum absolute atomic E-state index is 0.151. The van der Waals surface area contributed by atoms with Gasteiger partial charge in [0.2, 0.25) is 10.0 Å². The van der Waals surface area contributed by atoms with Crippen LogP contribution >= 0.6 is 11.8 Å². The highest BCUT2D eigenvalue weighted by atomic mass is 32.2. The molecular weight excluding hydrogens is 314 g/mol. The number of sulfonamides is 1. The van der Waals surface area contributed by atoms with Crippen LogP contribution in [0.5, 0.6) is 0 Å². The fourth-order valence-electron chi connectivity index (χ4n) is 2.71. The normalized spacial score (nSPS) is 18.0. The number of rotatable bonds is 3. The average Bonchev–Trinajstić information content (AvgIpc) is 2.50. The Labute approximate surface area is 136 Å². The highest BCUT2D eigenvalue weighted by Crippen LogP contribution is 2.36. The third-order valence-electron chi connectivity index (χ3n) is 3.89. The van der Waals surface area contributed by atoms with Crippen molar-refractivity contribution in [3.8, 4) is 0 Å². The number of fused-ring (bicyclic) bond motifs is 1. The topological polar surface area (TPSA) is 46.2 Å². The molecule has 0 bridgehead atoms. The molecule has 1 N–H and O–H groups in total. The third-order valence-corrected chi connectivity index (χ3v) is 6.63. The number of hydrogen-bond acceptors (Lipinski definition) is 3. The maximum absolute atomic E-state index is 12.8. The number of nitrogens with one attached hydrogen (secondary N) is 1. The van der Waals surface area contributed by atoms with Gasteiger partial charge in [-0.2, -0.15) is 0 Å². The van der Waals surface area contributed by atoms with Gasteiger partial charge in [-0.3, -0.25) is 0 Å². The van der Waals surface area contributed by atoms with Gasteiger partial charge in [-0.05, 0) is 54.8 Å². The van der Waals surface area contributed by atoms with Crippen LogP contribution in [0, 0.1) is 13.8 Å². The summed E-state index contributed by atoms with van der Waals surface area (Å²) >= 11 is 1.79. The molecule has 0 aromatic heterocycles. The highest BCUT2D eigenvalue weighted by molar-refractivity contribution is 7.99. The highest BCUT2D eigenvalue weighted by Gasteiger charge is 2.26. The molecule has 1 aliphatic heterocycles. The summed E-state index contributed by atoms with van der Waals surface area (Å²) in [5.74, 6) is 0.928. The molecule has 2 aromatic rings. The zero-order valence-corrected chi connectivity index (χ0v) is 14.3. The number of aryl methyl sites for hydroxylation is 2. The van der Waals surface area contributed by atoms with E-state index in [2.05, 4.69) is 10.8 Å². The van der Waals surface area contributed by atoms with Crippen LogP contribution in [-0.4, -0.2) is 14.2 Å². The van der Waals surface area contributed by atoms with Crippen LogP contribution in [0.3, 0.4) is 0 Å². The number of thioether (sulfide) groups is 1. The second-order valence-electron chi connectivity index (χ2n) is 5.62. The predicted octanol–water partition coefficient (Wildman–Crippen LogP) is 3.82. The summed E-state index contributed by atoms with van der Waals surface area (Å²) in [6.45, 7) is 3.74. The minimum atomic E-state index is -3.52. The van der Waals surface area contributed by atoms with Crippen molar-refractivity contribution in [1.29, 1.82) is 0 Å². The van der Waals surface area contributed by atoms with Crippen molar-refractivity contribution in [1.82, 2.24) is 4.72 Å². The van der Waals surface area contributed by atoms with E-state index < -0.39 is 10.0 Å². The zero-order chi connectivity index (χ0) is 15.7. The largest absolute Gasteiger partial charge is 0.241 e. The van der Waals surface area contributed by atoms with E-state index in [-0.39, 0.29) is 6.04 Å². The first-order chi connectivity index (χ1) is 10.5. The molecule has 0 aliphatic carbocycles. The molecule has 5 heteroatoms. The monoisotopic (exact) mass is 333 g/mol. The van der Waals surface area contributed by atoms with Crippen LogP contribution in [0.1, 0.15) is 29.2 Å². The van der Waals surface area contributed by atoms with Gasteiger partial charge in [0.25, 0.3) is 0 Å². The molecule has 0 saturated carbocycles. The molecule has 0 radical (unpaired) electrons. The molecule has 0 unspecified atom stereocenters. The molecule has 22 heavy (non-hydrogen) atoms. The number of hydrogen-bond donors (Lipinski definition) is 1. The molecule has 3 nitrogen and oxygen atoms in total. The maximum atomic E-state index is 12.8. The van der Waals surface area contributed by atoms with Crippen molar-refractivity contribution in [2.75, 3.05) is 5.75 Å². The second kappa shape index (κ2) is 6.07. The van der Waals surface area contributed by atoms with E-state index in [1.807, 2.05) is 44.2 Å². The lowest BCUT2D eigenvalue weighted by Gasteiger charge is -2.26. The van der Waals surface area contributed by atoms with Crippen molar-refractivity contribution < 1.29 is 8.42 Å². The summed E-state index contributed by atoms with van der Waals surface area (Å²) in [6.07, 6.45) is 0.811. The molecule has 0 amide bonds. The molecule has 0 saturated heterocycles. The lowest BCUT2D eigenvalue weighted by Crippen LogP contribution is -2.31. The summed E-state index contributed by atoms with van der Waals surface area (Å²) in [6, 6.07) is 13.4. The standard InChI is InChI=1S/C17H19NO2S2/c1-12-7-8-13(2)17(11-12)22(19,20)18-15-9-10-21-16-6-4-3-5-14(15)16/h3-8,11,15,18H,9-10H2,1-2H3/t15-/m1/s1. The van der Waals surface area contributed by atoms with Gasteiger partial charge in [0.15, 0.2) is 0 Å². The lowest BCUT2D eigenvalue weighted by atomic mass is 10.1. The Balaban J connectivity index is 1.95. The molecule has 0 fully saturated rings. The molecule has 1 aliphatic rings. The molecule has 116 valence electrons. The molecule has 0 spiro atoms. The Morgan fingerprint density at radius 2 is 1.91 bits per heavy atom. The van der Waals surface area contributed by atoms with E-state index in [0.29, 0.717) is 4.90 Å². The van der Waals surface area contributed by atoms with E-state index in [1.165, 1.54) is 4.90 Å². The van der Waals surface area contributed by atoms with Crippen molar-refractivity contribution in [3.05, 3.63) is 59.2 Å². The van der Waals surface area contributed by atoms with E-state index in [9.17, 15) is 8.42 Å². The molecule has 1 atom stereocenters. The molecule has 1 heterocycles. The molecule has 3 rings (SSSR count). The first kappa shape index (κ1) is 15.6. The van der Waals surface area contributed by atoms with Crippen molar-refractivity contribution in [2.45, 2.75) is 36.1 Å². The molecular formula is C17H19NO2S2. The van der Waals surface area contributed by atoms with Crippen molar-refractivity contribution in [3.63, 3.8) is 0 Å². The second-order valence-corrected chi connectivity index (χ2v) is 8.44. The predicted molar refractivity (Wildman–Crippen MR) is 90.8 cm³/mol. The van der Waals surface area contributed by atoms with E-state index >= 15 is 0 Å². The van der Waals surface area contributed by atoms with E-state index in [4.69, 9.17) is 0 Å². The van der Waals surface area contributed by atoms with Gasteiger partial charge in [0, 0.05) is 10.9 Å². The Bertz CT molecular complexity index is 800. The number of benzene rings is 2. The van der Waals surface area contributed by atoms with E-state index in [1.54, 1.807) is 17.8 Å². The average molecular weight is 333 g/mol. The van der Waals surface area contributed by atoms with Gasteiger partial charge >= 0.3 is 0 Å². The fraction of sp³-hybridized carbons (Fsp3) is 0.294. The maximum Gasteiger partial charge on any atom is 0.241 e. The first-order valence-corrected chi connectivity index (χ1v) is 9.75. The van der Waals surface area contributed by atoms with Gasteiger partial charge in [-0.1, -0.05) is 30.3 Å². The fourth-order valence-corrected chi connectivity index (χ4v) is 5.42. The Morgan fingerprint density at radius 3 is 2.73 bits per heavy atom. The summed E-state index contributed by atoms with van der Waals surface area (Å²) in [5.41, 5.74) is 2.80. The van der Waals surface area contributed by atoms with Crippen LogP contribution in [-0.2, 0) is 10.0 Å². The Morgan fingerprint density at radius 1 is 1.14 bits per heavy atom. The van der Waals surface area contributed by atoms with Crippen LogP contribution < -0.4 is 4.72 Å². The van der Waals surface area contributed by atoms with Crippen LogP contribution in [0.2, 0.25) is 0 Å². The first-order valence-electron chi connectivity index (χ1n) is 7.29. The van der Waals surface area contributed by atoms with Gasteiger partial charge in [-0.25, -0.2) is 13.1 Å².